The third-order valence-electron chi connectivity index (χ3n) is 10.3. The summed E-state index contributed by atoms with van der Waals surface area (Å²) in [5.41, 5.74) is 3.14. The summed E-state index contributed by atoms with van der Waals surface area (Å²) in [6.07, 6.45) is 4.59. The zero-order chi connectivity index (χ0) is 37.3. The van der Waals surface area contributed by atoms with Crippen molar-refractivity contribution in [2.75, 3.05) is 68.5 Å². The number of likely N-dealkylation sites (N-methyl/N-ethyl adjacent to an activating group) is 1. The van der Waals surface area contributed by atoms with Crippen LogP contribution in [0.1, 0.15) is 41.6 Å². The quantitative estimate of drug-likeness (QED) is 0.0902. The van der Waals surface area contributed by atoms with Gasteiger partial charge in [-0.15, -0.1) is 0 Å². The Hall–Kier alpha value is -3.89. The fourth-order valence-electron chi connectivity index (χ4n) is 6.93. The molecule has 1 saturated carbocycles. The van der Waals surface area contributed by atoms with Gasteiger partial charge in [-0.1, -0.05) is 19.6 Å². The summed E-state index contributed by atoms with van der Waals surface area (Å²) >= 11 is 0. The van der Waals surface area contributed by atoms with E-state index in [0.717, 1.165) is 50.0 Å². The number of piperazine rings is 1. The monoisotopic (exact) mass is 762 g/mol. The minimum absolute atomic E-state index is 0.171. The molecule has 2 N–H and O–H groups in total. The van der Waals surface area contributed by atoms with E-state index in [9.17, 15) is 17.6 Å². The van der Waals surface area contributed by atoms with Gasteiger partial charge in [0.15, 0.2) is 5.78 Å². The summed E-state index contributed by atoms with van der Waals surface area (Å²) < 4.78 is 50.0. The van der Waals surface area contributed by atoms with Crippen LogP contribution < -0.4 is 15.5 Å². The van der Waals surface area contributed by atoms with Gasteiger partial charge in [0, 0.05) is 83.1 Å². The average molecular weight is 763 g/mol. The molecular formula is C38H51FN8O4SSi. The Morgan fingerprint density at radius 2 is 1.68 bits per heavy atom. The number of carbonyl (C=O) groups is 1. The molecule has 4 aromatic rings. The third kappa shape index (κ3) is 8.91. The van der Waals surface area contributed by atoms with Crippen LogP contribution >= 0.6 is 0 Å². The molecule has 7 rings (SSSR count). The summed E-state index contributed by atoms with van der Waals surface area (Å²) in [6, 6.07) is 14.4. The minimum atomic E-state index is -3.36. The molecule has 2 aromatic heterocycles. The first kappa shape index (κ1) is 37.4. The normalized spacial score (nSPS) is 19.1. The summed E-state index contributed by atoms with van der Waals surface area (Å²) in [7, 11) is -2.57. The molecular weight excluding hydrogens is 712 g/mol. The van der Waals surface area contributed by atoms with E-state index in [1.807, 2.05) is 16.7 Å². The van der Waals surface area contributed by atoms with Crippen LogP contribution in [0.4, 0.5) is 27.5 Å². The van der Waals surface area contributed by atoms with Crippen molar-refractivity contribution in [3.05, 3.63) is 71.7 Å². The van der Waals surface area contributed by atoms with Gasteiger partial charge >= 0.3 is 0 Å². The molecule has 3 fully saturated rings. The van der Waals surface area contributed by atoms with Crippen LogP contribution in [-0.2, 0) is 21.5 Å². The molecule has 3 aliphatic rings. The Labute approximate surface area is 312 Å². The first-order valence-corrected chi connectivity index (χ1v) is 23.9. The first-order valence-electron chi connectivity index (χ1n) is 18.7. The Bertz CT molecular complexity index is 2030. The third-order valence-corrected chi connectivity index (χ3v) is 14.4. The molecule has 1 atom stereocenters. The number of ketones is 1. The second-order valence-electron chi connectivity index (χ2n) is 15.8. The lowest BCUT2D eigenvalue weighted by Gasteiger charge is -2.34. The number of nitrogens with zero attached hydrogens (tertiary/aromatic N) is 6. The smallest absolute Gasteiger partial charge is 0.231 e. The van der Waals surface area contributed by atoms with Gasteiger partial charge in [-0.3, -0.25) is 4.79 Å². The van der Waals surface area contributed by atoms with Crippen LogP contribution in [0.25, 0.3) is 11.0 Å². The summed E-state index contributed by atoms with van der Waals surface area (Å²) in [4.78, 5) is 28.8. The van der Waals surface area contributed by atoms with Crippen molar-refractivity contribution in [1.29, 1.82) is 0 Å². The zero-order valence-electron chi connectivity index (χ0n) is 31.1. The number of fused-ring (bicyclic) bond motifs is 1. The number of halogens is 1. The number of ether oxygens (including phenoxy) is 1. The minimum Gasteiger partial charge on any atom is -0.369 e. The number of nitrogens with one attached hydrogen (secondary N) is 2. The highest BCUT2D eigenvalue weighted by atomic mass is 32.2. The molecule has 2 aliphatic heterocycles. The largest absolute Gasteiger partial charge is 0.369 e. The van der Waals surface area contributed by atoms with Crippen molar-refractivity contribution >= 4 is 58.1 Å². The highest BCUT2D eigenvalue weighted by Crippen LogP contribution is 2.35. The van der Waals surface area contributed by atoms with Gasteiger partial charge in [-0.25, -0.2) is 12.8 Å². The zero-order valence-corrected chi connectivity index (χ0v) is 33.0. The van der Waals surface area contributed by atoms with E-state index in [0.29, 0.717) is 72.9 Å². The molecule has 0 spiro atoms. The second kappa shape index (κ2) is 15.5. The lowest BCUT2D eigenvalue weighted by Crippen LogP contribution is -2.46. The van der Waals surface area contributed by atoms with Crippen molar-refractivity contribution in [3.8, 4) is 0 Å². The number of carbonyl (C=O) groups excluding carboxylic acids is 1. The van der Waals surface area contributed by atoms with E-state index < -0.39 is 23.9 Å². The number of aromatic nitrogens is 3. The molecule has 0 unspecified atom stereocenters. The van der Waals surface area contributed by atoms with Gasteiger partial charge in [-0.05, 0) is 87.3 Å². The maximum absolute atomic E-state index is 14.1. The van der Waals surface area contributed by atoms with E-state index in [1.54, 1.807) is 10.5 Å². The summed E-state index contributed by atoms with van der Waals surface area (Å²) in [5.74, 6) is 0.0198. The summed E-state index contributed by atoms with van der Waals surface area (Å²) in [6.45, 7) is 12.4. The van der Waals surface area contributed by atoms with Gasteiger partial charge in [0.05, 0.1) is 16.2 Å². The fraction of sp³-hybridized carbons (Fsp3) is 0.500. The number of hydrogen-bond donors (Lipinski definition) is 2. The first-order chi connectivity index (χ1) is 25.3. The summed E-state index contributed by atoms with van der Waals surface area (Å²) in [5, 5.41) is 7.16. The SMILES string of the molecule is CN1CCN(c2ccc(Nc3nc(N[C@@H]4CCCN(S(=O)(=O)C5CC5)C4)c4c(C(=O)c5ccc(F)cc5)cn(COCC[Si](C)(C)C)c4n3)cc2)CC1. The average Bonchev–Trinajstić information content (AvgIpc) is 3.93. The van der Waals surface area contributed by atoms with Crippen molar-refractivity contribution in [2.24, 2.45) is 0 Å². The fourth-order valence-corrected chi connectivity index (χ4v) is 9.61. The molecule has 0 amide bonds. The number of sulfonamides is 1. The van der Waals surface area contributed by atoms with Gasteiger partial charge in [0.2, 0.25) is 16.0 Å². The molecule has 2 aromatic carbocycles. The van der Waals surface area contributed by atoms with Gasteiger partial charge in [0.1, 0.15) is 24.0 Å². The van der Waals surface area contributed by atoms with Gasteiger partial charge in [-0.2, -0.15) is 14.3 Å². The van der Waals surface area contributed by atoms with E-state index in [1.165, 1.54) is 24.3 Å². The number of anilines is 4. The van der Waals surface area contributed by atoms with Crippen LogP contribution in [0, 0.1) is 5.82 Å². The molecule has 12 nitrogen and oxygen atoms in total. The maximum atomic E-state index is 14.1. The van der Waals surface area contributed by atoms with E-state index >= 15 is 0 Å². The van der Waals surface area contributed by atoms with Crippen molar-refractivity contribution in [1.82, 2.24) is 23.7 Å². The molecule has 1 aliphatic carbocycles. The van der Waals surface area contributed by atoms with Gasteiger partial charge in [0.25, 0.3) is 0 Å². The topological polar surface area (TPSA) is 125 Å². The van der Waals surface area contributed by atoms with Crippen molar-refractivity contribution < 1.29 is 22.3 Å². The molecule has 53 heavy (non-hydrogen) atoms. The van der Waals surface area contributed by atoms with Crippen LogP contribution in [0.5, 0.6) is 0 Å². The maximum Gasteiger partial charge on any atom is 0.231 e. The van der Waals surface area contributed by atoms with Crippen LogP contribution in [-0.4, -0.2) is 110 Å². The molecule has 2 saturated heterocycles. The number of piperidine rings is 1. The predicted octanol–water partition coefficient (Wildman–Crippen LogP) is 5.98. The van der Waals surface area contributed by atoms with Crippen molar-refractivity contribution in [2.45, 2.75) is 69.4 Å². The van der Waals surface area contributed by atoms with Gasteiger partial charge < -0.3 is 29.7 Å². The van der Waals surface area contributed by atoms with E-state index in [-0.39, 0.29) is 23.8 Å². The van der Waals surface area contributed by atoms with E-state index in [4.69, 9.17) is 14.7 Å². The Morgan fingerprint density at radius 3 is 2.36 bits per heavy atom. The molecule has 4 heterocycles. The Kier molecular flexibility index (Phi) is 10.9. The lowest BCUT2D eigenvalue weighted by molar-refractivity contribution is 0.0896. The second-order valence-corrected chi connectivity index (χ2v) is 23.7. The predicted molar refractivity (Wildman–Crippen MR) is 211 cm³/mol. The highest BCUT2D eigenvalue weighted by molar-refractivity contribution is 7.90. The number of rotatable bonds is 14. The number of hydrogen-bond acceptors (Lipinski definition) is 10. The highest BCUT2D eigenvalue weighted by Gasteiger charge is 2.41. The Morgan fingerprint density at radius 1 is 0.962 bits per heavy atom. The van der Waals surface area contributed by atoms with Crippen LogP contribution in [0.2, 0.25) is 25.7 Å². The number of benzene rings is 2. The molecule has 15 heteroatoms. The standard InChI is InChI=1S/C38H51FN8O4SSi/c1-44-18-20-45(21-19-44)31-13-11-29(12-14-31)41-38-42-36(40-30-6-5-17-47(24-30)52(49,50)32-15-16-32)34-33(35(48)27-7-9-28(39)10-8-27)25-46(37(34)43-38)26-51-22-23-53(2,3)4/h7-14,25,30,32H,5-6,15-24,26H2,1-4H3,(H2,40,41,42,43)/t30-/m1/s1. The van der Waals surface area contributed by atoms with Crippen LogP contribution in [0.15, 0.2) is 54.7 Å². The lowest BCUT2D eigenvalue weighted by atomic mass is 10.0. The Balaban J connectivity index is 1.25. The van der Waals surface area contributed by atoms with Crippen molar-refractivity contribution in [3.63, 3.8) is 0 Å². The molecule has 284 valence electrons. The van der Waals surface area contributed by atoms with Crippen LogP contribution in [0.3, 0.4) is 0 Å². The molecule has 0 radical (unpaired) electrons. The van der Waals surface area contributed by atoms with E-state index in [2.05, 4.69) is 59.3 Å². The molecule has 0 bridgehead atoms.